The van der Waals surface area contributed by atoms with Crippen LogP contribution in [0.2, 0.25) is 0 Å². The fourth-order valence-corrected chi connectivity index (χ4v) is 1.07. The highest BCUT2D eigenvalue weighted by Crippen LogP contribution is 2.15. The number of ether oxygens (including phenoxy) is 3. The molecule has 1 atom stereocenters. The Bertz CT molecular complexity index is 363. The molecule has 0 N–H and O–H groups in total. The van der Waals surface area contributed by atoms with Gasteiger partial charge in [-0.2, -0.15) is 0 Å². The van der Waals surface area contributed by atoms with E-state index in [2.05, 4.69) is 6.58 Å². The van der Waals surface area contributed by atoms with E-state index in [1.165, 1.54) is 0 Å². The molecule has 0 aromatic heterocycles. The second-order valence-corrected chi connectivity index (χ2v) is 4.90. The average molecular weight is 270 g/mol. The third-order valence-corrected chi connectivity index (χ3v) is 2.03. The van der Waals surface area contributed by atoms with Gasteiger partial charge in [0.1, 0.15) is 11.9 Å². The summed E-state index contributed by atoms with van der Waals surface area (Å²) >= 11 is 0. The summed E-state index contributed by atoms with van der Waals surface area (Å²) < 4.78 is 14.6. The molecule has 0 aromatic carbocycles. The molecule has 1 unspecified atom stereocenters. The van der Waals surface area contributed by atoms with E-state index in [-0.39, 0.29) is 18.1 Å². The first kappa shape index (κ1) is 17.2. The Morgan fingerprint density at radius 1 is 1.32 bits per heavy atom. The molecule has 0 amide bonds. The Labute approximate surface area is 114 Å². The summed E-state index contributed by atoms with van der Waals surface area (Å²) in [7, 11) is 0. The largest absolute Gasteiger partial charge is 0.513 e. The van der Waals surface area contributed by atoms with Gasteiger partial charge in [-0.3, -0.25) is 0 Å². The van der Waals surface area contributed by atoms with Crippen LogP contribution in [0.1, 0.15) is 34.6 Å². The molecule has 0 heterocycles. The summed E-state index contributed by atoms with van der Waals surface area (Å²) in [6.45, 7) is 12.4. The number of rotatable bonds is 5. The van der Waals surface area contributed by atoms with Crippen LogP contribution < -0.4 is 0 Å². The van der Waals surface area contributed by atoms with Crippen molar-refractivity contribution in [1.29, 1.82) is 0 Å². The fourth-order valence-electron chi connectivity index (χ4n) is 1.07. The van der Waals surface area contributed by atoms with E-state index >= 15 is 0 Å². The molecule has 0 aliphatic rings. The lowest BCUT2D eigenvalue weighted by molar-refractivity contribution is -0.139. The van der Waals surface area contributed by atoms with Gasteiger partial charge in [0.25, 0.3) is 0 Å². The molecule has 5 heteroatoms. The second kappa shape index (κ2) is 7.61. The highest BCUT2D eigenvalue weighted by molar-refractivity contribution is 5.89. The van der Waals surface area contributed by atoms with Crippen molar-refractivity contribution < 1.29 is 23.8 Å². The van der Waals surface area contributed by atoms with Crippen molar-refractivity contribution in [3.05, 3.63) is 24.5 Å². The first-order valence-electron chi connectivity index (χ1n) is 6.10. The lowest BCUT2D eigenvalue weighted by atomic mass is 10.0. The number of allylic oxidation sites excluding steroid dienone is 1. The Morgan fingerprint density at radius 2 is 1.89 bits per heavy atom. The van der Waals surface area contributed by atoms with Crippen LogP contribution in [0.5, 0.6) is 0 Å². The minimum Gasteiger partial charge on any atom is -0.463 e. The van der Waals surface area contributed by atoms with Crippen molar-refractivity contribution in [2.24, 2.45) is 5.92 Å². The monoisotopic (exact) mass is 270 g/mol. The molecule has 0 bridgehead atoms. The summed E-state index contributed by atoms with van der Waals surface area (Å²) in [6, 6.07) is 0. The molecule has 19 heavy (non-hydrogen) atoms. The van der Waals surface area contributed by atoms with Crippen LogP contribution in [0, 0.1) is 5.92 Å². The second-order valence-electron chi connectivity index (χ2n) is 4.90. The average Bonchev–Trinajstić information content (AvgIpc) is 2.26. The Hall–Kier alpha value is -1.78. The zero-order valence-electron chi connectivity index (χ0n) is 12.2. The molecule has 5 nitrogen and oxygen atoms in total. The first-order chi connectivity index (χ1) is 8.71. The van der Waals surface area contributed by atoms with Crippen LogP contribution in [-0.2, 0) is 19.0 Å². The van der Waals surface area contributed by atoms with E-state index in [0.29, 0.717) is 0 Å². The zero-order chi connectivity index (χ0) is 15.1. The van der Waals surface area contributed by atoms with Gasteiger partial charge in [0, 0.05) is 5.92 Å². The lowest BCUT2D eigenvalue weighted by Gasteiger charge is -2.18. The van der Waals surface area contributed by atoms with Gasteiger partial charge in [-0.25, -0.2) is 9.59 Å². The third kappa shape index (κ3) is 7.28. The minimum absolute atomic E-state index is 0.211. The van der Waals surface area contributed by atoms with Gasteiger partial charge in [-0.05, 0) is 27.7 Å². The van der Waals surface area contributed by atoms with Gasteiger partial charge in [0.05, 0.1) is 12.2 Å². The van der Waals surface area contributed by atoms with E-state index in [0.717, 1.165) is 6.26 Å². The van der Waals surface area contributed by atoms with Crippen LogP contribution in [0.25, 0.3) is 0 Å². The van der Waals surface area contributed by atoms with Crippen LogP contribution in [0.15, 0.2) is 24.5 Å². The van der Waals surface area contributed by atoms with E-state index in [9.17, 15) is 9.59 Å². The Morgan fingerprint density at radius 3 is 2.32 bits per heavy atom. The van der Waals surface area contributed by atoms with Gasteiger partial charge in [0.15, 0.2) is 0 Å². The number of hydrogen-bond donors (Lipinski definition) is 0. The normalized spacial score (nSPS) is 13.4. The predicted molar refractivity (Wildman–Crippen MR) is 71.4 cm³/mol. The molecular weight excluding hydrogens is 248 g/mol. The van der Waals surface area contributed by atoms with Crippen molar-refractivity contribution in [3.63, 3.8) is 0 Å². The van der Waals surface area contributed by atoms with Crippen molar-refractivity contribution in [3.8, 4) is 0 Å². The van der Waals surface area contributed by atoms with E-state index < -0.39 is 17.7 Å². The molecule has 0 aliphatic carbocycles. The molecule has 0 spiro atoms. The standard InChI is InChI=1S/C14H22O5/c1-7-10(3)11(12(15)17-8-2)9-18-13(16)19-14(4,5)6/h7,9-10H,1,8H2,2-6H3/b11-9+. The summed E-state index contributed by atoms with van der Waals surface area (Å²) in [4.78, 5) is 23.1. The maximum Gasteiger partial charge on any atom is 0.513 e. The van der Waals surface area contributed by atoms with E-state index in [1.807, 2.05) is 0 Å². The molecule has 108 valence electrons. The van der Waals surface area contributed by atoms with Crippen LogP contribution in [0.4, 0.5) is 4.79 Å². The van der Waals surface area contributed by atoms with E-state index in [1.54, 1.807) is 40.7 Å². The topological polar surface area (TPSA) is 61.8 Å². The van der Waals surface area contributed by atoms with Gasteiger partial charge in [0.2, 0.25) is 0 Å². The molecule has 0 radical (unpaired) electrons. The molecule has 0 aliphatic heterocycles. The lowest BCUT2D eigenvalue weighted by Crippen LogP contribution is -2.24. The molecule has 0 saturated carbocycles. The number of carbonyl (C=O) groups is 2. The smallest absolute Gasteiger partial charge is 0.463 e. The third-order valence-electron chi connectivity index (χ3n) is 2.03. The summed E-state index contributed by atoms with van der Waals surface area (Å²) in [5, 5.41) is 0. The maximum atomic E-state index is 11.7. The van der Waals surface area contributed by atoms with Crippen LogP contribution >= 0.6 is 0 Å². The summed E-state index contributed by atoms with van der Waals surface area (Å²) in [5.41, 5.74) is -0.443. The van der Waals surface area contributed by atoms with E-state index in [4.69, 9.17) is 14.2 Å². The van der Waals surface area contributed by atoms with Crippen LogP contribution in [0.3, 0.4) is 0 Å². The zero-order valence-corrected chi connectivity index (χ0v) is 12.2. The number of carbonyl (C=O) groups excluding carboxylic acids is 2. The SMILES string of the molecule is C=CC(C)/C(=C\OC(=O)OC(C)(C)C)C(=O)OCC. The Balaban J connectivity index is 4.78. The minimum atomic E-state index is -0.870. The van der Waals surface area contributed by atoms with Gasteiger partial charge in [-0.1, -0.05) is 13.0 Å². The molecule has 0 aromatic rings. The highest BCUT2D eigenvalue weighted by Gasteiger charge is 2.20. The molecule has 0 fully saturated rings. The summed E-state index contributed by atoms with van der Waals surface area (Å²) in [5.74, 6) is -0.833. The Kier molecular flexibility index (Phi) is 6.90. The molecular formula is C14H22O5. The van der Waals surface area contributed by atoms with Gasteiger partial charge >= 0.3 is 12.1 Å². The number of hydrogen-bond acceptors (Lipinski definition) is 5. The highest BCUT2D eigenvalue weighted by atomic mass is 16.7. The molecule has 0 rings (SSSR count). The van der Waals surface area contributed by atoms with Crippen molar-refractivity contribution in [2.45, 2.75) is 40.2 Å². The predicted octanol–water partition coefficient (Wildman–Crippen LogP) is 3.21. The van der Waals surface area contributed by atoms with Crippen LogP contribution in [-0.4, -0.2) is 24.3 Å². The fraction of sp³-hybridized carbons (Fsp3) is 0.571. The van der Waals surface area contributed by atoms with Crippen molar-refractivity contribution >= 4 is 12.1 Å². The van der Waals surface area contributed by atoms with Crippen molar-refractivity contribution in [1.82, 2.24) is 0 Å². The van der Waals surface area contributed by atoms with Crippen molar-refractivity contribution in [2.75, 3.05) is 6.61 Å². The molecule has 0 saturated heterocycles. The quantitative estimate of drug-likeness (QED) is 0.332. The first-order valence-corrected chi connectivity index (χ1v) is 6.10. The maximum absolute atomic E-state index is 11.7. The number of esters is 1. The summed E-state index contributed by atoms with van der Waals surface area (Å²) in [6.07, 6.45) is 1.74. The van der Waals surface area contributed by atoms with Gasteiger partial charge < -0.3 is 14.2 Å². The van der Waals surface area contributed by atoms with Gasteiger partial charge in [-0.15, -0.1) is 6.58 Å².